The summed E-state index contributed by atoms with van der Waals surface area (Å²) in [5, 5.41) is 1.23. The van der Waals surface area contributed by atoms with Crippen LogP contribution in [0.4, 0.5) is 5.82 Å². The van der Waals surface area contributed by atoms with Crippen molar-refractivity contribution in [1.82, 2.24) is 14.5 Å². The minimum atomic E-state index is -0.0567. The number of likely N-dealkylation sites (N-methyl/N-ethyl adjacent to an activating group) is 1. The number of amides is 1. The number of hydrogen-bond donors (Lipinski definition) is 1. The summed E-state index contributed by atoms with van der Waals surface area (Å²) in [6, 6.07) is 12.0. The Bertz CT molecular complexity index is 938. The van der Waals surface area contributed by atoms with Gasteiger partial charge in [-0.2, -0.15) is 0 Å². The van der Waals surface area contributed by atoms with Crippen LogP contribution in [0.5, 0.6) is 0 Å². The van der Waals surface area contributed by atoms with Crippen molar-refractivity contribution < 1.29 is 4.79 Å². The minimum Gasteiger partial charge on any atom is -0.384 e. The second kappa shape index (κ2) is 6.81. The van der Waals surface area contributed by atoms with Gasteiger partial charge in [0.05, 0.1) is 6.54 Å². The molecule has 0 aliphatic heterocycles. The van der Waals surface area contributed by atoms with Crippen LogP contribution in [0.1, 0.15) is 16.8 Å². The van der Waals surface area contributed by atoms with E-state index in [4.69, 9.17) is 5.73 Å². The van der Waals surface area contributed by atoms with E-state index in [0.29, 0.717) is 12.4 Å². The Kier molecular flexibility index (Phi) is 4.57. The molecule has 2 N–H and O–H groups in total. The maximum Gasteiger partial charge on any atom is 0.246 e. The number of aryl methyl sites for hydroxylation is 2. The Balaban J connectivity index is 1.74. The van der Waals surface area contributed by atoms with E-state index < -0.39 is 0 Å². The van der Waals surface area contributed by atoms with Crippen LogP contribution in [-0.2, 0) is 18.4 Å². The quantitative estimate of drug-likeness (QED) is 0.746. The summed E-state index contributed by atoms with van der Waals surface area (Å²) in [5.41, 5.74) is 9.92. The SMILES string of the molecule is Cc1cccc2c1cc(CN(C)C(=O)/C=C/c1ccc(N)nc1)n2C. The molecule has 0 fully saturated rings. The molecule has 0 spiro atoms. The number of nitrogens with zero attached hydrogens (tertiary/aromatic N) is 3. The van der Waals surface area contributed by atoms with Gasteiger partial charge in [-0.15, -0.1) is 0 Å². The van der Waals surface area contributed by atoms with Crippen molar-refractivity contribution >= 4 is 28.7 Å². The molecule has 25 heavy (non-hydrogen) atoms. The number of nitrogens with two attached hydrogens (primary N) is 1. The Labute approximate surface area is 147 Å². The fourth-order valence-electron chi connectivity index (χ4n) is 2.85. The van der Waals surface area contributed by atoms with E-state index in [0.717, 1.165) is 11.3 Å². The maximum atomic E-state index is 12.4. The van der Waals surface area contributed by atoms with E-state index in [9.17, 15) is 4.79 Å². The summed E-state index contributed by atoms with van der Waals surface area (Å²) in [4.78, 5) is 18.1. The van der Waals surface area contributed by atoms with Crippen LogP contribution >= 0.6 is 0 Å². The molecular weight excluding hydrogens is 312 g/mol. The second-order valence-electron chi connectivity index (χ2n) is 6.25. The first-order valence-corrected chi connectivity index (χ1v) is 8.14. The summed E-state index contributed by atoms with van der Waals surface area (Å²) in [6.07, 6.45) is 4.95. The fourth-order valence-corrected chi connectivity index (χ4v) is 2.85. The van der Waals surface area contributed by atoms with Crippen molar-refractivity contribution in [1.29, 1.82) is 0 Å². The molecule has 128 valence electrons. The zero-order valence-corrected chi connectivity index (χ0v) is 14.7. The average Bonchev–Trinajstić information content (AvgIpc) is 2.92. The first-order chi connectivity index (χ1) is 12.0. The van der Waals surface area contributed by atoms with Crippen LogP contribution in [0.25, 0.3) is 17.0 Å². The molecule has 5 nitrogen and oxygen atoms in total. The number of benzene rings is 1. The van der Waals surface area contributed by atoms with Crippen molar-refractivity contribution in [3.8, 4) is 0 Å². The molecule has 0 aliphatic rings. The molecule has 5 heteroatoms. The molecule has 0 saturated heterocycles. The lowest BCUT2D eigenvalue weighted by molar-refractivity contribution is -0.125. The van der Waals surface area contributed by atoms with Crippen LogP contribution in [0.15, 0.2) is 48.7 Å². The minimum absolute atomic E-state index is 0.0567. The van der Waals surface area contributed by atoms with Gasteiger partial charge in [0, 0.05) is 43.0 Å². The van der Waals surface area contributed by atoms with Gasteiger partial charge in [0.1, 0.15) is 5.82 Å². The standard InChI is InChI=1S/C20H22N4O/c1-14-5-4-6-18-17(14)11-16(24(18)3)13-23(2)20(25)10-8-15-7-9-19(21)22-12-15/h4-12H,13H2,1-3H3,(H2,21,22)/b10-8+. The maximum absolute atomic E-state index is 12.4. The highest BCUT2D eigenvalue weighted by atomic mass is 16.2. The number of aromatic nitrogens is 2. The third-order valence-electron chi connectivity index (χ3n) is 4.41. The zero-order chi connectivity index (χ0) is 18.0. The first kappa shape index (κ1) is 16.8. The van der Waals surface area contributed by atoms with Crippen molar-refractivity contribution in [2.24, 2.45) is 7.05 Å². The fraction of sp³-hybridized carbons (Fsp3) is 0.200. The molecular formula is C20H22N4O. The molecule has 0 unspecified atom stereocenters. The lowest BCUT2D eigenvalue weighted by Gasteiger charge is -2.15. The number of rotatable bonds is 4. The number of anilines is 1. The van der Waals surface area contributed by atoms with Gasteiger partial charge in [-0.1, -0.05) is 12.1 Å². The monoisotopic (exact) mass is 334 g/mol. The Hall–Kier alpha value is -3.08. The normalized spacial score (nSPS) is 11.3. The average molecular weight is 334 g/mol. The highest BCUT2D eigenvalue weighted by Crippen LogP contribution is 2.22. The largest absolute Gasteiger partial charge is 0.384 e. The number of fused-ring (bicyclic) bond motifs is 1. The van der Waals surface area contributed by atoms with E-state index in [2.05, 4.69) is 40.7 Å². The number of carbonyl (C=O) groups excluding carboxylic acids is 1. The molecule has 0 aliphatic carbocycles. The summed E-state index contributed by atoms with van der Waals surface area (Å²) in [7, 11) is 3.84. The van der Waals surface area contributed by atoms with Crippen LogP contribution in [0, 0.1) is 6.92 Å². The van der Waals surface area contributed by atoms with Gasteiger partial charge in [0.25, 0.3) is 0 Å². The van der Waals surface area contributed by atoms with Crippen LogP contribution in [0.3, 0.4) is 0 Å². The predicted molar refractivity (Wildman–Crippen MR) is 102 cm³/mol. The van der Waals surface area contributed by atoms with Crippen molar-refractivity contribution in [3.05, 3.63) is 65.5 Å². The molecule has 1 amide bonds. The van der Waals surface area contributed by atoms with Crippen molar-refractivity contribution in [2.75, 3.05) is 12.8 Å². The molecule has 2 aromatic heterocycles. The van der Waals surface area contributed by atoms with Gasteiger partial charge in [-0.05, 0) is 48.4 Å². The van der Waals surface area contributed by atoms with Crippen LogP contribution in [0.2, 0.25) is 0 Å². The van der Waals surface area contributed by atoms with E-state index >= 15 is 0 Å². The van der Waals surface area contributed by atoms with E-state index in [-0.39, 0.29) is 5.91 Å². The number of pyridine rings is 1. The smallest absolute Gasteiger partial charge is 0.246 e. The van der Waals surface area contributed by atoms with Gasteiger partial charge in [0.15, 0.2) is 0 Å². The third-order valence-corrected chi connectivity index (χ3v) is 4.41. The highest BCUT2D eigenvalue weighted by molar-refractivity contribution is 5.91. The highest BCUT2D eigenvalue weighted by Gasteiger charge is 2.11. The molecule has 3 rings (SSSR count). The first-order valence-electron chi connectivity index (χ1n) is 8.14. The molecule has 0 radical (unpaired) electrons. The zero-order valence-electron chi connectivity index (χ0n) is 14.7. The molecule has 2 heterocycles. The van der Waals surface area contributed by atoms with Gasteiger partial charge in [-0.25, -0.2) is 4.98 Å². The molecule has 0 bridgehead atoms. The topological polar surface area (TPSA) is 64.2 Å². The van der Waals surface area contributed by atoms with Gasteiger partial charge in [0.2, 0.25) is 5.91 Å². The molecule has 0 saturated carbocycles. The molecule has 3 aromatic rings. The Morgan fingerprint density at radius 2 is 2.12 bits per heavy atom. The third kappa shape index (κ3) is 3.55. The van der Waals surface area contributed by atoms with Crippen LogP contribution < -0.4 is 5.73 Å². The summed E-state index contributed by atoms with van der Waals surface area (Å²) in [6.45, 7) is 2.65. The van der Waals surface area contributed by atoms with Gasteiger partial charge in [-0.3, -0.25) is 4.79 Å². The number of carbonyl (C=O) groups is 1. The lowest BCUT2D eigenvalue weighted by atomic mass is 10.1. The van der Waals surface area contributed by atoms with Crippen LogP contribution in [-0.4, -0.2) is 27.4 Å². The van der Waals surface area contributed by atoms with Gasteiger partial charge < -0.3 is 15.2 Å². The molecule has 1 aromatic carbocycles. The summed E-state index contributed by atoms with van der Waals surface area (Å²) in [5.74, 6) is 0.408. The summed E-state index contributed by atoms with van der Waals surface area (Å²) >= 11 is 0. The van der Waals surface area contributed by atoms with E-state index in [1.54, 1.807) is 36.4 Å². The number of nitrogen functional groups attached to an aromatic ring is 1. The Morgan fingerprint density at radius 3 is 2.80 bits per heavy atom. The van der Waals surface area contributed by atoms with E-state index in [1.807, 2.05) is 13.1 Å². The lowest BCUT2D eigenvalue weighted by Crippen LogP contribution is -2.25. The number of hydrogen-bond acceptors (Lipinski definition) is 3. The summed E-state index contributed by atoms with van der Waals surface area (Å²) < 4.78 is 2.14. The van der Waals surface area contributed by atoms with Crippen molar-refractivity contribution in [3.63, 3.8) is 0 Å². The Morgan fingerprint density at radius 1 is 1.32 bits per heavy atom. The predicted octanol–water partition coefficient (Wildman–Crippen LogP) is 3.14. The van der Waals surface area contributed by atoms with E-state index in [1.165, 1.54) is 16.5 Å². The van der Waals surface area contributed by atoms with Crippen molar-refractivity contribution in [2.45, 2.75) is 13.5 Å². The second-order valence-corrected chi connectivity index (χ2v) is 6.25. The van der Waals surface area contributed by atoms with Gasteiger partial charge >= 0.3 is 0 Å². The molecule has 0 atom stereocenters.